The van der Waals surface area contributed by atoms with Gasteiger partial charge >= 0.3 is 6.01 Å². The van der Waals surface area contributed by atoms with Crippen molar-refractivity contribution in [3.05, 3.63) is 53.6 Å². The van der Waals surface area contributed by atoms with E-state index in [1.54, 1.807) is 18.2 Å². The molecule has 0 unspecified atom stereocenters. The molecule has 0 bridgehead atoms. The van der Waals surface area contributed by atoms with Crippen LogP contribution in [0.5, 0.6) is 11.8 Å². The third-order valence-corrected chi connectivity index (χ3v) is 5.02. The zero-order valence-electron chi connectivity index (χ0n) is 18.5. The fourth-order valence-electron chi connectivity index (χ4n) is 3.49. The first-order valence-electron chi connectivity index (χ1n) is 10.6. The summed E-state index contributed by atoms with van der Waals surface area (Å²) in [4.78, 5) is 14.1. The Morgan fingerprint density at radius 3 is 2.69 bits per heavy atom. The van der Waals surface area contributed by atoms with Crippen molar-refractivity contribution in [2.24, 2.45) is 0 Å². The second-order valence-electron chi connectivity index (χ2n) is 7.29. The predicted molar refractivity (Wildman–Crippen MR) is 125 cm³/mol. The lowest BCUT2D eigenvalue weighted by molar-refractivity contribution is 0.414. The smallest absolute Gasteiger partial charge is 0.326 e. The van der Waals surface area contributed by atoms with Crippen LogP contribution in [0.25, 0.3) is 17.0 Å². The van der Waals surface area contributed by atoms with Gasteiger partial charge in [-0.3, -0.25) is 5.10 Å². The number of H-pyrrole nitrogens is 2. The van der Waals surface area contributed by atoms with E-state index in [4.69, 9.17) is 4.74 Å². The van der Waals surface area contributed by atoms with Crippen molar-refractivity contribution in [3.63, 3.8) is 0 Å². The Kier molecular flexibility index (Phi) is 6.07. The molecule has 3 heterocycles. The molecule has 1 aromatic carbocycles. The first-order valence-corrected chi connectivity index (χ1v) is 10.6. The minimum absolute atomic E-state index is 0.0478. The summed E-state index contributed by atoms with van der Waals surface area (Å²) in [6.45, 7) is 9.40. The number of halogens is 1. The van der Waals surface area contributed by atoms with E-state index >= 15 is 4.39 Å². The highest BCUT2D eigenvalue weighted by Gasteiger charge is 2.16. The Balaban J connectivity index is 1.69. The van der Waals surface area contributed by atoms with Crippen LogP contribution in [0.3, 0.4) is 0 Å². The van der Waals surface area contributed by atoms with Gasteiger partial charge < -0.3 is 19.9 Å². The molecular weight excluding hydrogens is 409 g/mol. The lowest BCUT2D eigenvalue weighted by Crippen LogP contribution is -2.23. The van der Waals surface area contributed by atoms with Crippen molar-refractivity contribution in [2.45, 2.75) is 27.7 Å². The molecule has 3 N–H and O–H groups in total. The summed E-state index contributed by atoms with van der Waals surface area (Å²) in [5.74, 6) is 1.37. The maximum atomic E-state index is 15.0. The Labute approximate surface area is 185 Å². The average Bonchev–Trinajstić information content (AvgIpc) is 3.37. The molecule has 0 radical (unpaired) electrons. The number of nitrogens with zero attached hydrogens (tertiary/aromatic N) is 4. The van der Waals surface area contributed by atoms with Gasteiger partial charge in [0.05, 0.1) is 5.69 Å². The SMILES string of the molecule is C/C=C/c1cc(Nc2cc(N(CC)CC)nc(Oc3ccc4[nH]c(C)cc4c3F)n2)n[nH]1. The molecule has 0 aliphatic heterocycles. The van der Waals surface area contributed by atoms with Gasteiger partial charge in [0.25, 0.3) is 0 Å². The molecule has 0 aliphatic rings. The van der Waals surface area contributed by atoms with E-state index in [1.165, 1.54) is 0 Å². The molecule has 4 rings (SSSR count). The number of hydrogen-bond acceptors (Lipinski definition) is 6. The fraction of sp³-hybridized carbons (Fsp3) is 0.261. The quantitative estimate of drug-likeness (QED) is 0.336. The predicted octanol–water partition coefficient (Wildman–Crippen LogP) is 5.54. The molecular formula is C23H26FN7O. The van der Waals surface area contributed by atoms with Gasteiger partial charge in [0.1, 0.15) is 11.6 Å². The number of anilines is 3. The topological polar surface area (TPSA) is 94.8 Å². The van der Waals surface area contributed by atoms with Crippen LogP contribution in [0.4, 0.5) is 21.8 Å². The second-order valence-corrected chi connectivity index (χ2v) is 7.29. The van der Waals surface area contributed by atoms with Gasteiger partial charge in [0.2, 0.25) is 0 Å². The number of rotatable bonds is 8. The summed E-state index contributed by atoms with van der Waals surface area (Å²) in [6.07, 6.45) is 3.83. The highest BCUT2D eigenvalue weighted by Crippen LogP contribution is 2.31. The Hall–Kier alpha value is -3.88. The number of ether oxygens (including phenoxy) is 1. The van der Waals surface area contributed by atoms with E-state index < -0.39 is 5.82 Å². The number of aromatic amines is 2. The van der Waals surface area contributed by atoms with E-state index in [0.29, 0.717) is 28.4 Å². The van der Waals surface area contributed by atoms with Crippen LogP contribution < -0.4 is 15.0 Å². The van der Waals surface area contributed by atoms with Gasteiger partial charge in [-0.1, -0.05) is 6.08 Å². The number of fused-ring (bicyclic) bond motifs is 1. The van der Waals surface area contributed by atoms with Crippen LogP contribution in [0.1, 0.15) is 32.2 Å². The van der Waals surface area contributed by atoms with E-state index in [2.05, 4.69) is 35.4 Å². The first kappa shape index (κ1) is 21.4. The molecule has 8 nitrogen and oxygen atoms in total. The Morgan fingerprint density at radius 2 is 1.94 bits per heavy atom. The minimum Gasteiger partial charge on any atom is -0.421 e. The standard InChI is InChI=1S/C23H26FN7O/c1-5-8-15-12-20(30-29-15)26-19-13-21(31(6-2)7-3)28-23(27-19)32-18-10-9-17-16(22(18)24)11-14(4)25-17/h5,8-13,25H,6-7H2,1-4H3,(H2,26,27,28,29,30)/b8-5+. The van der Waals surface area contributed by atoms with Gasteiger partial charge in [0, 0.05) is 41.8 Å². The summed E-state index contributed by atoms with van der Waals surface area (Å²) in [5.41, 5.74) is 2.45. The molecule has 3 aromatic heterocycles. The first-order chi connectivity index (χ1) is 15.5. The maximum Gasteiger partial charge on any atom is 0.326 e. The van der Waals surface area contributed by atoms with Crippen molar-refractivity contribution < 1.29 is 9.13 Å². The number of aromatic nitrogens is 5. The van der Waals surface area contributed by atoms with Crippen molar-refractivity contribution >= 4 is 34.4 Å². The molecule has 0 atom stereocenters. The van der Waals surface area contributed by atoms with Crippen LogP contribution in [0.15, 0.2) is 36.4 Å². The molecule has 0 spiro atoms. The minimum atomic E-state index is -0.457. The third-order valence-electron chi connectivity index (χ3n) is 5.02. The van der Waals surface area contributed by atoms with Crippen LogP contribution in [0, 0.1) is 12.7 Å². The number of nitrogens with one attached hydrogen (secondary N) is 3. The summed E-state index contributed by atoms with van der Waals surface area (Å²) in [7, 11) is 0. The largest absolute Gasteiger partial charge is 0.421 e. The number of benzene rings is 1. The van der Waals surface area contributed by atoms with E-state index in [9.17, 15) is 0 Å². The Bertz CT molecular complexity index is 1260. The van der Waals surface area contributed by atoms with Crippen molar-refractivity contribution in [1.82, 2.24) is 25.1 Å². The molecule has 0 fully saturated rings. The summed E-state index contributed by atoms with van der Waals surface area (Å²) < 4.78 is 20.8. The van der Waals surface area contributed by atoms with Crippen LogP contribution in [0.2, 0.25) is 0 Å². The van der Waals surface area contributed by atoms with Crippen LogP contribution in [-0.4, -0.2) is 38.2 Å². The van der Waals surface area contributed by atoms with E-state index in [-0.39, 0.29) is 11.8 Å². The van der Waals surface area contributed by atoms with Gasteiger partial charge in [-0.25, -0.2) is 4.39 Å². The van der Waals surface area contributed by atoms with Crippen molar-refractivity contribution in [2.75, 3.05) is 23.3 Å². The number of hydrogen-bond donors (Lipinski definition) is 3. The summed E-state index contributed by atoms with van der Waals surface area (Å²) >= 11 is 0. The molecule has 166 valence electrons. The highest BCUT2D eigenvalue weighted by atomic mass is 19.1. The lowest BCUT2D eigenvalue weighted by atomic mass is 10.2. The highest BCUT2D eigenvalue weighted by molar-refractivity contribution is 5.82. The lowest BCUT2D eigenvalue weighted by Gasteiger charge is -2.20. The normalized spacial score (nSPS) is 11.4. The number of allylic oxidation sites excluding steroid dienone is 1. The zero-order chi connectivity index (χ0) is 22.7. The molecule has 0 aliphatic carbocycles. The van der Waals surface area contributed by atoms with Crippen molar-refractivity contribution in [3.8, 4) is 11.8 Å². The van der Waals surface area contributed by atoms with E-state index in [0.717, 1.165) is 24.5 Å². The Morgan fingerprint density at radius 1 is 1.12 bits per heavy atom. The monoisotopic (exact) mass is 435 g/mol. The second kappa shape index (κ2) is 9.09. The maximum absolute atomic E-state index is 15.0. The molecule has 0 amide bonds. The molecule has 0 saturated heterocycles. The summed E-state index contributed by atoms with van der Waals surface area (Å²) in [5, 5.41) is 10.8. The zero-order valence-corrected chi connectivity index (χ0v) is 18.5. The molecule has 32 heavy (non-hydrogen) atoms. The summed E-state index contributed by atoms with van der Waals surface area (Å²) in [6, 6.07) is 8.83. The third kappa shape index (κ3) is 4.41. The van der Waals surface area contributed by atoms with Gasteiger partial charge in [0.15, 0.2) is 17.4 Å². The molecule has 4 aromatic rings. The number of aryl methyl sites for hydroxylation is 1. The van der Waals surface area contributed by atoms with Crippen LogP contribution in [-0.2, 0) is 0 Å². The fourth-order valence-corrected chi connectivity index (χ4v) is 3.49. The van der Waals surface area contributed by atoms with Gasteiger partial charge in [-0.05, 0) is 52.0 Å². The molecule has 0 saturated carbocycles. The van der Waals surface area contributed by atoms with E-state index in [1.807, 2.05) is 52.0 Å². The van der Waals surface area contributed by atoms with Gasteiger partial charge in [-0.15, -0.1) is 0 Å². The van der Waals surface area contributed by atoms with Crippen LogP contribution >= 0.6 is 0 Å². The van der Waals surface area contributed by atoms with Crippen molar-refractivity contribution in [1.29, 1.82) is 0 Å². The average molecular weight is 436 g/mol. The van der Waals surface area contributed by atoms with Gasteiger partial charge in [-0.2, -0.15) is 15.1 Å². The molecule has 9 heteroatoms.